The highest BCUT2D eigenvalue weighted by molar-refractivity contribution is 5.76. The predicted molar refractivity (Wildman–Crippen MR) is 90.9 cm³/mol. The monoisotopic (exact) mass is 328 g/mol. The van der Waals surface area contributed by atoms with Gasteiger partial charge in [-0.15, -0.1) is 0 Å². The van der Waals surface area contributed by atoms with Gasteiger partial charge in [-0.3, -0.25) is 9.69 Å². The Labute approximate surface area is 142 Å². The van der Waals surface area contributed by atoms with Crippen LogP contribution < -0.4 is 9.47 Å². The van der Waals surface area contributed by atoms with Gasteiger partial charge in [0.15, 0.2) is 11.5 Å². The normalized spacial score (nSPS) is 23.0. The zero-order valence-corrected chi connectivity index (χ0v) is 13.9. The van der Waals surface area contributed by atoms with Gasteiger partial charge in [-0.05, 0) is 36.5 Å². The van der Waals surface area contributed by atoms with Gasteiger partial charge in [0.1, 0.15) is 0 Å². The van der Waals surface area contributed by atoms with E-state index < -0.39 is 0 Å². The van der Waals surface area contributed by atoms with E-state index >= 15 is 0 Å². The molecule has 3 aliphatic rings. The smallest absolute Gasteiger partial charge is 0.231 e. The Balaban J connectivity index is 1.27. The van der Waals surface area contributed by atoms with Crippen LogP contribution in [0.15, 0.2) is 30.4 Å². The van der Waals surface area contributed by atoms with E-state index in [1.54, 1.807) is 0 Å². The third-order valence-corrected chi connectivity index (χ3v) is 5.12. The molecule has 1 aliphatic carbocycles. The molecule has 4 rings (SSSR count). The Kier molecular flexibility index (Phi) is 4.43. The second-order valence-electron chi connectivity index (χ2n) is 6.81. The molecule has 5 nitrogen and oxygen atoms in total. The van der Waals surface area contributed by atoms with E-state index in [-0.39, 0.29) is 0 Å². The minimum atomic E-state index is 0.314. The van der Waals surface area contributed by atoms with Crippen molar-refractivity contribution >= 4 is 5.91 Å². The van der Waals surface area contributed by atoms with Crippen molar-refractivity contribution in [2.24, 2.45) is 5.92 Å². The Morgan fingerprint density at radius 1 is 1.12 bits per heavy atom. The van der Waals surface area contributed by atoms with Gasteiger partial charge in [0, 0.05) is 39.1 Å². The summed E-state index contributed by atoms with van der Waals surface area (Å²) in [7, 11) is 0. The number of ether oxygens (including phenoxy) is 2. The summed E-state index contributed by atoms with van der Waals surface area (Å²) in [5.41, 5.74) is 1.23. The highest BCUT2D eigenvalue weighted by Gasteiger charge is 2.24. The molecule has 128 valence electrons. The lowest BCUT2D eigenvalue weighted by Crippen LogP contribution is -2.48. The van der Waals surface area contributed by atoms with Crippen molar-refractivity contribution in [2.45, 2.75) is 25.8 Å². The Morgan fingerprint density at radius 3 is 2.75 bits per heavy atom. The molecule has 2 aliphatic heterocycles. The SMILES string of the molecule is O=C(C[C@H]1C=CCC1)N1CCN(Cc2ccc3c(c2)OCO3)CC1. The van der Waals surface area contributed by atoms with Crippen LogP contribution in [0.4, 0.5) is 0 Å². The second kappa shape index (κ2) is 6.85. The lowest BCUT2D eigenvalue weighted by Gasteiger charge is -2.35. The first-order valence-corrected chi connectivity index (χ1v) is 8.83. The van der Waals surface area contributed by atoms with Crippen LogP contribution in [0, 0.1) is 5.92 Å². The van der Waals surface area contributed by atoms with E-state index in [9.17, 15) is 4.79 Å². The summed E-state index contributed by atoms with van der Waals surface area (Å²) >= 11 is 0. The molecule has 1 aromatic rings. The summed E-state index contributed by atoms with van der Waals surface area (Å²) in [4.78, 5) is 16.8. The molecule has 1 atom stereocenters. The highest BCUT2D eigenvalue weighted by atomic mass is 16.7. The number of hydrogen-bond donors (Lipinski definition) is 0. The van der Waals surface area contributed by atoms with E-state index in [2.05, 4.69) is 29.2 Å². The van der Waals surface area contributed by atoms with Crippen LogP contribution in [0.1, 0.15) is 24.8 Å². The molecule has 1 amide bonds. The molecule has 0 aromatic heterocycles. The van der Waals surface area contributed by atoms with Crippen LogP contribution in [0.25, 0.3) is 0 Å². The van der Waals surface area contributed by atoms with Gasteiger partial charge >= 0.3 is 0 Å². The average molecular weight is 328 g/mol. The lowest BCUT2D eigenvalue weighted by atomic mass is 10.0. The van der Waals surface area contributed by atoms with Gasteiger partial charge in [-0.25, -0.2) is 0 Å². The number of carbonyl (C=O) groups excluding carboxylic acids is 1. The summed E-state index contributed by atoms with van der Waals surface area (Å²) in [5, 5.41) is 0. The molecule has 2 heterocycles. The molecule has 0 radical (unpaired) electrons. The van der Waals surface area contributed by atoms with Gasteiger partial charge in [0.05, 0.1) is 0 Å². The summed E-state index contributed by atoms with van der Waals surface area (Å²) < 4.78 is 10.8. The van der Waals surface area contributed by atoms with Crippen molar-refractivity contribution in [3.05, 3.63) is 35.9 Å². The molecule has 5 heteroatoms. The molecule has 0 bridgehead atoms. The van der Waals surface area contributed by atoms with Gasteiger partial charge in [-0.2, -0.15) is 0 Å². The number of benzene rings is 1. The molecule has 1 saturated heterocycles. The number of rotatable bonds is 4. The molecule has 24 heavy (non-hydrogen) atoms. The molecule has 0 spiro atoms. The maximum absolute atomic E-state index is 12.4. The highest BCUT2D eigenvalue weighted by Crippen LogP contribution is 2.32. The van der Waals surface area contributed by atoms with Crippen LogP contribution >= 0.6 is 0 Å². The van der Waals surface area contributed by atoms with Crippen molar-refractivity contribution in [1.82, 2.24) is 9.80 Å². The van der Waals surface area contributed by atoms with Gasteiger partial charge < -0.3 is 14.4 Å². The fourth-order valence-electron chi connectivity index (χ4n) is 3.67. The fourth-order valence-corrected chi connectivity index (χ4v) is 3.67. The first-order valence-electron chi connectivity index (χ1n) is 8.83. The van der Waals surface area contributed by atoms with Crippen molar-refractivity contribution < 1.29 is 14.3 Å². The summed E-state index contributed by atoms with van der Waals surface area (Å²) in [5.74, 6) is 2.44. The van der Waals surface area contributed by atoms with Crippen LogP contribution in [0.5, 0.6) is 11.5 Å². The molecular weight excluding hydrogens is 304 g/mol. The number of hydrogen-bond acceptors (Lipinski definition) is 4. The molecule has 1 fully saturated rings. The van der Waals surface area contributed by atoms with Crippen molar-refractivity contribution in [2.75, 3.05) is 33.0 Å². The van der Waals surface area contributed by atoms with Crippen LogP contribution in [0.2, 0.25) is 0 Å². The quantitative estimate of drug-likeness (QED) is 0.796. The number of piperazine rings is 1. The van der Waals surface area contributed by atoms with Crippen LogP contribution in [-0.2, 0) is 11.3 Å². The standard InChI is InChI=1S/C19H24N2O3/c22-19(12-15-3-1-2-4-15)21-9-7-20(8-10-21)13-16-5-6-17-18(11-16)24-14-23-17/h1,3,5-6,11,15H,2,4,7-10,12-14H2/t15-/m0/s1. The molecule has 0 unspecified atom stereocenters. The molecule has 0 N–H and O–H groups in total. The number of nitrogens with zero attached hydrogens (tertiary/aromatic N) is 2. The zero-order chi connectivity index (χ0) is 16.4. The lowest BCUT2D eigenvalue weighted by molar-refractivity contribution is -0.133. The largest absolute Gasteiger partial charge is 0.454 e. The Hall–Kier alpha value is -2.01. The number of allylic oxidation sites excluding steroid dienone is 2. The fraction of sp³-hybridized carbons (Fsp3) is 0.526. The van der Waals surface area contributed by atoms with Crippen LogP contribution in [0.3, 0.4) is 0 Å². The number of amides is 1. The topological polar surface area (TPSA) is 42.0 Å². The van der Waals surface area contributed by atoms with Gasteiger partial charge in [0.2, 0.25) is 12.7 Å². The minimum Gasteiger partial charge on any atom is -0.454 e. The first kappa shape index (κ1) is 15.5. The van der Waals surface area contributed by atoms with Crippen molar-refractivity contribution in [3.8, 4) is 11.5 Å². The number of fused-ring (bicyclic) bond motifs is 1. The molecule has 1 aromatic carbocycles. The van der Waals surface area contributed by atoms with Crippen molar-refractivity contribution in [1.29, 1.82) is 0 Å². The maximum Gasteiger partial charge on any atom is 0.231 e. The van der Waals surface area contributed by atoms with E-state index in [4.69, 9.17) is 9.47 Å². The Morgan fingerprint density at radius 2 is 1.96 bits per heavy atom. The summed E-state index contributed by atoms with van der Waals surface area (Å²) in [6, 6.07) is 6.14. The summed E-state index contributed by atoms with van der Waals surface area (Å²) in [6.07, 6.45) is 7.34. The maximum atomic E-state index is 12.4. The minimum absolute atomic E-state index is 0.314. The van der Waals surface area contributed by atoms with E-state index in [0.717, 1.165) is 57.1 Å². The molecular formula is C19H24N2O3. The first-order chi connectivity index (χ1) is 11.8. The van der Waals surface area contributed by atoms with E-state index in [1.165, 1.54) is 5.56 Å². The van der Waals surface area contributed by atoms with Gasteiger partial charge in [0.25, 0.3) is 0 Å². The average Bonchev–Trinajstić information content (AvgIpc) is 3.26. The van der Waals surface area contributed by atoms with E-state index in [0.29, 0.717) is 25.0 Å². The number of carbonyl (C=O) groups is 1. The van der Waals surface area contributed by atoms with Crippen LogP contribution in [-0.4, -0.2) is 48.7 Å². The van der Waals surface area contributed by atoms with Crippen molar-refractivity contribution in [3.63, 3.8) is 0 Å². The Bertz CT molecular complexity index is 635. The van der Waals surface area contributed by atoms with E-state index in [1.807, 2.05) is 11.0 Å². The third-order valence-electron chi connectivity index (χ3n) is 5.12. The summed E-state index contributed by atoms with van der Waals surface area (Å²) in [6.45, 7) is 4.74. The third kappa shape index (κ3) is 3.41. The second-order valence-corrected chi connectivity index (χ2v) is 6.81. The van der Waals surface area contributed by atoms with Gasteiger partial charge in [-0.1, -0.05) is 18.2 Å². The molecule has 0 saturated carbocycles. The predicted octanol–water partition coefficient (Wildman–Crippen LogP) is 2.42. The zero-order valence-electron chi connectivity index (χ0n) is 13.9.